The van der Waals surface area contributed by atoms with E-state index in [2.05, 4.69) is 5.32 Å². The average molecular weight is 457 g/mol. The Bertz CT molecular complexity index is 1110. The molecule has 4 rings (SSSR count). The molecule has 3 aromatic rings. The van der Waals surface area contributed by atoms with Crippen LogP contribution in [0.5, 0.6) is 0 Å². The number of carbonyl (C=O) groups excluding carboxylic acids is 3. The highest BCUT2D eigenvalue weighted by molar-refractivity contribution is 8.18. The molecule has 0 spiro atoms. The summed E-state index contributed by atoms with van der Waals surface area (Å²) >= 11 is 0.927. The van der Waals surface area contributed by atoms with Gasteiger partial charge in [-0.05, 0) is 34.5 Å². The zero-order valence-corrected chi connectivity index (χ0v) is 18.8. The molecule has 1 heterocycles. The van der Waals surface area contributed by atoms with Gasteiger partial charge in [-0.25, -0.2) is 0 Å². The molecule has 0 radical (unpaired) electrons. The number of amides is 3. The number of hydrogen-bond donors (Lipinski definition) is 1. The molecule has 0 aromatic heterocycles. The molecule has 0 atom stereocenters. The maximum Gasteiger partial charge on any atom is 0.293 e. The number of nitrogens with one attached hydrogen (secondary N) is 1. The lowest BCUT2D eigenvalue weighted by Crippen LogP contribution is -2.37. The van der Waals surface area contributed by atoms with E-state index in [9.17, 15) is 14.4 Å². The number of nitrogens with zero attached hydrogens (tertiary/aromatic N) is 1. The summed E-state index contributed by atoms with van der Waals surface area (Å²) in [7, 11) is 0. The van der Waals surface area contributed by atoms with Crippen LogP contribution in [-0.4, -0.2) is 35.0 Å². The van der Waals surface area contributed by atoms with Gasteiger partial charge in [-0.2, -0.15) is 0 Å². The lowest BCUT2D eigenvalue weighted by Gasteiger charge is -2.18. The summed E-state index contributed by atoms with van der Waals surface area (Å²) in [6, 6.07) is 29.2. The third kappa shape index (κ3) is 5.79. The van der Waals surface area contributed by atoms with Crippen molar-refractivity contribution >= 4 is 34.9 Å². The molecule has 0 aliphatic carbocycles. The Morgan fingerprint density at radius 2 is 1.39 bits per heavy atom. The van der Waals surface area contributed by atoms with Gasteiger partial charge in [0, 0.05) is 25.4 Å². The molecule has 1 N–H and O–H groups in total. The normalized spacial score (nSPS) is 14.8. The van der Waals surface area contributed by atoms with E-state index in [0.717, 1.165) is 28.5 Å². The van der Waals surface area contributed by atoms with Crippen molar-refractivity contribution in [3.05, 3.63) is 113 Å². The number of imide groups is 1. The molecular formula is C27H24N2O3S. The van der Waals surface area contributed by atoms with Gasteiger partial charge in [0.2, 0.25) is 5.91 Å². The number of thioether (sulfide) groups is 1. The zero-order valence-electron chi connectivity index (χ0n) is 18.0. The number of rotatable bonds is 8. The fourth-order valence-electron chi connectivity index (χ4n) is 3.76. The van der Waals surface area contributed by atoms with Crippen molar-refractivity contribution in [3.8, 4) is 0 Å². The first-order valence-corrected chi connectivity index (χ1v) is 11.6. The van der Waals surface area contributed by atoms with Gasteiger partial charge in [-0.3, -0.25) is 19.3 Å². The lowest BCUT2D eigenvalue weighted by molar-refractivity contribution is -0.124. The van der Waals surface area contributed by atoms with Crippen LogP contribution >= 0.6 is 11.8 Å². The van der Waals surface area contributed by atoms with Gasteiger partial charge in [-0.15, -0.1) is 0 Å². The molecule has 1 fully saturated rings. The fraction of sp³-hybridized carbons (Fsp3) is 0.148. The molecule has 1 aliphatic rings. The SMILES string of the molecule is O=C(CC(c1ccccc1)c1ccccc1)NCCN1C(=O)SC(=Cc2ccccc2)C1=O. The highest BCUT2D eigenvalue weighted by Crippen LogP contribution is 2.32. The fourth-order valence-corrected chi connectivity index (χ4v) is 4.62. The van der Waals surface area contributed by atoms with E-state index in [4.69, 9.17) is 0 Å². The van der Waals surface area contributed by atoms with Crippen LogP contribution in [0.4, 0.5) is 4.79 Å². The summed E-state index contributed by atoms with van der Waals surface area (Å²) in [5, 5.41) is 2.55. The van der Waals surface area contributed by atoms with Gasteiger partial charge in [0.1, 0.15) is 0 Å². The summed E-state index contributed by atoms with van der Waals surface area (Å²) in [5.41, 5.74) is 3.00. The van der Waals surface area contributed by atoms with E-state index >= 15 is 0 Å². The van der Waals surface area contributed by atoms with Gasteiger partial charge in [-0.1, -0.05) is 91.0 Å². The second kappa shape index (κ2) is 10.8. The van der Waals surface area contributed by atoms with Gasteiger partial charge < -0.3 is 5.32 Å². The Kier molecular flexibility index (Phi) is 7.37. The van der Waals surface area contributed by atoms with Gasteiger partial charge in [0.15, 0.2) is 0 Å². The molecule has 1 saturated heterocycles. The summed E-state index contributed by atoms with van der Waals surface area (Å²) in [5.74, 6) is -0.521. The summed E-state index contributed by atoms with van der Waals surface area (Å²) in [4.78, 5) is 39.3. The third-order valence-electron chi connectivity index (χ3n) is 5.42. The van der Waals surface area contributed by atoms with Gasteiger partial charge in [0.05, 0.1) is 4.91 Å². The molecule has 3 aromatic carbocycles. The molecule has 166 valence electrons. The molecule has 33 heavy (non-hydrogen) atoms. The summed E-state index contributed by atoms with van der Waals surface area (Å²) in [6.45, 7) is 0.357. The lowest BCUT2D eigenvalue weighted by atomic mass is 9.88. The highest BCUT2D eigenvalue weighted by atomic mass is 32.2. The van der Waals surface area contributed by atoms with Crippen LogP contribution in [0.25, 0.3) is 6.08 Å². The zero-order chi connectivity index (χ0) is 23.0. The first kappa shape index (κ1) is 22.6. The highest BCUT2D eigenvalue weighted by Gasteiger charge is 2.34. The van der Waals surface area contributed by atoms with Crippen LogP contribution in [0.2, 0.25) is 0 Å². The predicted octanol–water partition coefficient (Wildman–Crippen LogP) is 5.06. The Morgan fingerprint density at radius 3 is 1.97 bits per heavy atom. The molecule has 0 bridgehead atoms. The van der Waals surface area contributed by atoms with Crippen LogP contribution in [0, 0.1) is 0 Å². The van der Waals surface area contributed by atoms with Gasteiger partial charge >= 0.3 is 0 Å². The second-order valence-corrected chi connectivity index (χ2v) is 8.67. The van der Waals surface area contributed by atoms with Crippen LogP contribution < -0.4 is 5.32 Å². The van der Waals surface area contributed by atoms with E-state index in [1.807, 2.05) is 91.0 Å². The van der Waals surface area contributed by atoms with Crippen molar-refractivity contribution in [2.24, 2.45) is 0 Å². The van der Waals surface area contributed by atoms with E-state index in [1.54, 1.807) is 6.08 Å². The van der Waals surface area contributed by atoms with Crippen molar-refractivity contribution < 1.29 is 14.4 Å². The maximum atomic E-state index is 12.7. The van der Waals surface area contributed by atoms with Crippen LogP contribution in [0.3, 0.4) is 0 Å². The molecule has 0 saturated carbocycles. The van der Waals surface area contributed by atoms with Crippen molar-refractivity contribution in [2.75, 3.05) is 13.1 Å². The molecule has 1 aliphatic heterocycles. The van der Waals surface area contributed by atoms with E-state index < -0.39 is 0 Å². The van der Waals surface area contributed by atoms with Crippen molar-refractivity contribution in [1.82, 2.24) is 10.2 Å². The third-order valence-corrected chi connectivity index (χ3v) is 6.33. The smallest absolute Gasteiger partial charge is 0.293 e. The van der Waals surface area contributed by atoms with E-state index in [-0.39, 0.29) is 42.5 Å². The largest absolute Gasteiger partial charge is 0.354 e. The summed E-state index contributed by atoms with van der Waals surface area (Å²) < 4.78 is 0. The predicted molar refractivity (Wildman–Crippen MR) is 131 cm³/mol. The maximum absolute atomic E-state index is 12.7. The van der Waals surface area contributed by atoms with Crippen molar-refractivity contribution in [2.45, 2.75) is 12.3 Å². The first-order valence-electron chi connectivity index (χ1n) is 10.8. The average Bonchev–Trinajstić information content (AvgIpc) is 3.11. The van der Waals surface area contributed by atoms with Crippen molar-refractivity contribution in [1.29, 1.82) is 0 Å². The minimum absolute atomic E-state index is 0.0709. The minimum atomic E-state index is -0.324. The monoisotopic (exact) mass is 456 g/mol. The Hall–Kier alpha value is -3.64. The number of hydrogen-bond acceptors (Lipinski definition) is 4. The van der Waals surface area contributed by atoms with E-state index in [1.165, 1.54) is 4.90 Å². The molecule has 0 unspecified atom stereocenters. The quantitative estimate of drug-likeness (QED) is 0.481. The first-order chi connectivity index (χ1) is 16.1. The molecular weight excluding hydrogens is 432 g/mol. The van der Waals surface area contributed by atoms with Gasteiger partial charge in [0.25, 0.3) is 11.1 Å². The van der Waals surface area contributed by atoms with Crippen LogP contribution in [-0.2, 0) is 9.59 Å². The van der Waals surface area contributed by atoms with Crippen LogP contribution in [0.15, 0.2) is 95.9 Å². The Balaban J connectivity index is 1.35. The summed E-state index contributed by atoms with van der Waals surface area (Å²) in [6.07, 6.45) is 2.00. The Morgan fingerprint density at radius 1 is 0.848 bits per heavy atom. The van der Waals surface area contributed by atoms with Crippen LogP contribution in [0.1, 0.15) is 29.0 Å². The molecule has 5 nitrogen and oxygen atoms in total. The number of carbonyl (C=O) groups is 3. The molecule has 3 amide bonds. The Labute approximate surface area is 197 Å². The standard InChI is InChI=1S/C27H24N2O3S/c30-25(19-23(21-12-6-2-7-13-21)22-14-8-3-9-15-22)28-16-17-29-26(31)24(33-27(29)32)18-20-10-4-1-5-11-20/h1-15,18,23H,16-17,19H2,(H,28,30). The van der Waals surface area contributed by atoms with E-state index in [0.29, 0.717) is 4.91 Å². The van der Waals surface area contributed by atoms with Crippen molar-refractivity contribution in [3.63, 3.8) is 0 Å². The minimum Gasteiger partial charge on any atom is -0.354 e. The number of benzene rings is 3. The molecule has 6 heteroatoms. The topological polar surface area (TPSA) is 66.5 Å². The second-order valence-electron chi connectivity index (χ2n) is 7.67.